The van der Waals surface area contributed by atoms with E-state index in [1.165, 1.54) is 11.1 Å². The van der Waals surface area contributed by atoms with E-state index in [2.05, 4.69) is 55.1 Å². The third-order valence-electron chi connectivity index (χ3n) is 2.14. The van der Waals surface area contributed by atoms with Crippen LogP contribution in [0.4, 0.5) is 0 Å². The molecule has 0 bridgehead atoms. The van der Waals surface area contributed by atoms with Gasteiger partial charge in [0.15, 0.2) is 0 Å². The summed E-state index contributed by atoms with van der Waals surface area (Å²) >= 11 is 0. The van der Waals surface area contributed by atoms with E-state index < -0.39 is 0 Å². The largest absolute Gasteiger partial charge is 0.303 e. The van der Waals surface area contributed by atoms with Crippen LogP contribution in [-0.2, 0) is 4.79 Å². The number of hydrogen-bond donors (Lipinski definition) is 0. The predicted molar refractivity (Wildman–Crippen MR) is 72.8 cm³/mol. The van der Waals surface area contributed by atoms with Crippen LogP contribution in [0.25, 0.3) is 11.1 Å². The molecular weight excluding hydrogens is 208 g/mol. The molecule has 0 aliphatic heterocycles. The Balaban J connectivity index is 0.000000249. The van der Waals surface area contributed by atoms with Crippen molar-refractivity contribution >= 4 is 6.29 Å². The summed E-state index contributed by atoms with van der Waals surface area (Å²) in [5.41, 5.74) is 2.55. The smallest absolute Gasteiger partial charge is 0.123 e. The van der Waals surface area contributed by atoms with Gasteiger partial charge in [0.1, 0.15) is 6.29 Å². The first-order valence-electron chi connectivity index (χ1n) is 5.53. The van der Waals surface area contributed by atoms with Gasteiger partial charge in [0.05, 0.1) is 0 Å². The summed E-state index contributed by atoms with van der Waals surface area (Å²) in [6, 6.07) is 20.8. The average Bonchev–Trinajstić information content (AvgIpc) is 2.42. The Labute approximate surface area is 102 Å². The molecule has 0 aliphatic carbocycles. The molecular formula is C16H16O. The lowest BCUT2D eigenvalue weighted by atomic mass is 10.1. The van der Waals surface area contributed by atoms with Crippen molar-refractivity contribution in [3.8, 4) is 11.1 Å². The second kappa shape index (κ2) is 8.05. The summed E-state index contributed by atoms with van der Waals surface area (Å²) < 4.78 is 0. The van der Waals surface area contributed by atoms with Gasteiger partial charge >= 0.3 is 0 Å². The Morgan fingerprint density at radius 3 is 1.47 bits per heavy atom. The highest BCUT2D eigenvalue weighted by Crippen LogP contribution is 2.17. The third kappa shape index (κ3) is 4.94. The maximum absolute atomic E-state index is 9.33. The Bertz CT molecular complexity index is 388. The number of aldehydes is 1. The van der Waals surface area contributed by atoms with E-state index in [4.69, 9.17) is 0 Å². The molecule has 0 saturated carbocycles. The second-order valence-electron chi connectivity index (χ2n) is 3.42. The van der Waals surface area contributed by atoms with Gasteiger partial charge in [0.25, 0.3) is 0 Å². The molecule has 0 aliphatic rings. The monoisotopic (exact) mass is 224 g/mol. The predicted octanol–water partition coefficient (Wildman–Crippen LogP) is 4.12. The maximum Gasteiger partial charge on any atom is 0.123 e. The normalized spacial score (nSPS) is 8.71. The topological polar surface area (TPSA) is 17.1 Å². The zero-order valence-electron chi connectivity index (χ0n) is 9.75. The lowest BCUT2D eigenvalue weighted by Gasteiger charge is -1.98. The molecule has 0 spiro atoms. The van der Waals surface area contributed by atoms with Gasteiger partial charge in [-0.05, 0) is 11.1 Å². The molecule has 0 heterocycles. The van der Waals surface area contributed by atoms with Crippen LogP contribution in [-0.4, -0.2) is 6.29 Å². The SMILES string of the molecule is C=CCC=O.c1ccc(-c2ccccc2)cc1. The van der Waals surface area contributed by atoms with Gasteiger partial charge in [0, 0.05) is 6.42 Å². The molecule has 1 nitrogen and oxygen atoms in total. The quantitative estimate of drug-likeness (QED) is 0.566. The summed E-state index contributed by atoms with van der Waals surface area (Å²) in [6.45, 7) is 3.32. The summed E-state index contributed by atoms with van der Waals surface area (Å²) in [6.07, 6.45) is 2.85. The molecule has 0 atom stereocenters. The Morgan fingerprint density at radius 2 is 1.24 bits per heavy atom. The molecule has 0 radical (unpaired) electrons. The van der Waals surface area contributed by atoms with Crippen LogP contribution >= 0.6 is 0 Å². The number of allylic oxidation sites excluding steroid dienone is 1. The van der Waals surface area contributed by atoms with Gasteiger partial charge in [-0.25, -0.2) is 0 Å². The molecule has 2 aromatic carbocycles. The highest BCUT2D eigenvalue weighted by Gasteiger charge is 1.91. The average molecular weight is 224 g/mol. The van der Waals surface area contributed by atoms with Crippen molar-refractivity contribution < 1.29 is 4.79 Å². The van der Waals surface area contributed by atoms with E-state index >= 15 is 0 Å². The van der Waals surface area contributed by atoms with Crippen LogP contribution in [0, 0.1) is 0 Å². The summed E-state index contributed by atoms with van der Waals surface area (Å²) in [4.78, 5) is 9.33. The van der Waals surface area contributed by atoms with Crippen molar-refractivity contribution in [2.45, 2.75) is 6.42 Å². The molecule has 86 valence electrons. The highest BCUT2D eigenvalue weighted by molar-refractivity contribution is 5.62. The van der Waals surface area contributed by atoms with E-state index in [-0.39, 0.29) is 0 Å². The summed E-state index contributed by atoms with van der Waals surface area (Å²) in [7, 11) is 0. The zero-order chi connectivity index (χ0) is 12.3. The highest BCUT2D eigenvalue weighted by atomic mass is 16.1. The van der Waals surface area contributed by atoms with Gasteiger partial charge in [0.2, 0.25) is 0 Å². The van der Waals surface area contributed by atoms with Crippen molar-refractivity contribution in [2.75, 3.05) is 0 Å². The minimum atomic E-state index is 0.472. The van der Waals surface area contributed by atoms with Crippen LogP contribution in [0.2, 0.25) is 0 Å². The van der Waals surface area contributed by atoms with Crippen LogP contribution in [0.3, 0.4) is 0 Å². The van der Waals surface area contributed by atoms with Gasteiger partial charge in [-0.2, -0.15) is 0 Å². The van der Waals surface area contributed by atoms with E-state index in [1.807, 2.05) is 12.1 Å². The number of carbonyl (C=O) groups excluding carboxylic acids is 1. The molecule has 0 fully saturated rings. The molecule has 0 N–H and O–H groups in total. The third-order valence-corrected chi connectivity index (χ3v) is 2.14. The van der Waals surface area contributed by atoms with Crippen molar-refractivity contribution in [3.63, 3.8) is 0 Å². The first-order valence-corrected chi connectivity index (χ1v) is 5.53. The summed E-state index contributed by atoms with van der Waals surface area (Å²) in [5.74, 6) is 0. The lowest BCUT2D eigenvalue weighted by Crippen LogP contribution is -1.73. The van der Waals surface area contributed by atoms with E-state index in [0.29, 0.717) is 6.42 Å². The molecule has 1 heteroatoms. The standard InChI is InChI=1S/C12H10.C4H6O/c1-3-7-11(8-4-1)12-9-5-2-6-10-12;1-2-3-4-5/h1-10H;2,4H,1,3H2. The summed E-state index contributed by atoms with van der Waals surface area (Å²) in [5, 5.41) is 0. The fraction of sp³-hybridized carbons (Fsp3) is 0.0625. The first-order chi connectivity index (χ1) is 8.38. The van der Waals surface area contributed by atoms with Crippen LogP contribution in [0.15, 0.2) is 73.3 Å². The van der Waals surface area contributed by atoms with E-state index in [1.54, 1.807) is 6.08 Å². The van der Waals surface area contributed by atoms with Crippen molar-refractivity contribution in [3.05, 3.63) is 73.3 Å². The van der Waals surface area contributed by atoms with Crippen LogP contribution in [0.1, 0.15) is 6.42 Å². The van der Waals surface area contributed by atoms with Crippen molar-refractivity contribution in [2.24, 2.45) is 0 Å². The van der Waals surface area contributed by atoms with Gasteiger partial charge < -0.3 is 4.79 Å². The Morgan fingerprint density at radius 1 is 0.824 bits per heavy atom. The van der Waals surface area contributed by atoms with Gasteiger partial charge in [-0.1, -0.05) is 66.7 Å². The molecule has 0 unspecified atom stereocenters. The lowest BCUT2D eigenvalue weighted by molar-refractivity contribution is -0.107. The van der Waals surface area contributed by atoms with Crippen LogP contribution < -0.4 is 0 Å². The van der Waals surface area contributed by atoms with E-state index in [9.17, 15) is 4.79 Å². The Hall–Kier alpha value is -2.15. The molecule has 0 aromatic heterocycles. The first kappa shape index (κ1) is 12.9. The fourth-order valence-electron chi connectivity index (χ4n) is 1.33. The number of benzene rings is 2. The molecule has 2 rings (SSSR count). The van der Waals surface area contributed by atoms with Gasteiger partial charge in [-0.3, -0.25) is 0 Å². The second-order valence-corrected chi connectivity index (χ2v) is 3.42. The molecule has 17 heavy (non-hydrogen) atoms. The van der Waals surface area contributed by atoms with Crippen molar-refractivity contribution in [1.82, 2.24) is 0 Å². The zero-order valence-corrected chi connectivity index (χ0v) is 9.75. The van der Waals surface area contributed by atoms with Crippen LogP contribution in [0.5, 0.6) is 0 Å². The number of carbonyl (C=O) groups is 1. The molecule has 0 saturated heterocycles. The number of hydrogen-bond acceptors (Lipinski definition) is 1. The molecule has 2 aromatic rings. The Kier molecular flexibility index (Phi) is 6.12. The van der Waals surface area contributed by atoms with Crippen molar-refractivity contribution in [1.29, 1.82) is 0 Å². The minimum Gasteiger partial charge on any atom is -0.303 e. The fourth-order valence-corrected chi connectivity index (χ4v) is 1.33. The molecule has 0 amide bonds. The number of rotatable bonds is 3. The maximum atomic E-state index is 9.33. The van der Waals surface area contributed by atoms with E-state index in [0.717, 1.165) is 6.29 Å². The van der Waals surface area contributed by atoms with Gasteiger partial charge in [-0.15, -0.1) is 6.58 Å². The minimum absolute atomic E-state index is 0.472.